The fraction of sp³-hybridized carbons (Fsp3) is 0.318. The predicted molar refractivity (Wildman–Crippen MR) is 114 cm³/mol. The second-order valence-corrected chi connectivity index (χ2v) is 9.89. The van der Waals surface area contributed by atoms with Gasteiger partial charge in [-0.2, -0.15) is 13.2 Å². The zero-order valence-corrected chi connectivity index (χ0v) is 18.2. The van der Waals surface area contributed by atoms with Gasteiger partial charge in [-0.25, -0.2) is 8.42 Å². The van der Waals surface area contributed by atoms with Gasteiger partial charge in [0.2, 0.25) is 0 Å². The van der Waals surface area contributed by atoms with Crippen LogP contribution in [0.15, 0.2) is 53.6 Å². The van der Waals surface area contributed by atoms with Crippen LogP contribution in [-0.2, 0) is 25.5 Å². The van der Waals surface area contributed by atoms with E-state index in [1.54, 1.807) is 16.7 Å². The van der Waals surface area contributed by atoms with Crippen molar-refractivity contribution in [3.63, 3.8) is 0 Å². The highest BCUT2D eigenvalue weighted by Gasteiger charge is 2.34. The van der Waals surface area contributed by atoms with Crippen molar-refractivity contribution in [1.82, 2.24) is 4.57 Å². The van der Waals surface area contributed by atoms with Crippen molar-refractivity contribution in [2.45, 2.75) is 18.0 Å². The Morgan fingerprint density at radius 1 is 1.12 bits per heavy atom. The summed E-state index contributed by atoms with van der Waals surface area (Å²) >= 11 is 0. The lowest BCUT2D eigenvalue weighted by Crippen LogP contribution is -2.50. The van der Waals surface area contributed by atoms with E-state index in [4.69, 9.17) is 4.74 Å². The molecule has 0 spiro atoms. The van der Waals surface area contributed by atoms with E-state index in [9.17, 15) is 26.4 Å². The van der Waals surface area contributed by atoms with Crippen molar-refractivity contribution in [1.29, 1.82) is 0 Å². The molecule has 1 aromatic heterocycles. The minimum atomic E-state index is -4.59. The molecule has 1 aliphatic heterocycles. The third-order valence-electron chi connectivity index (χ3n) is 5.70. The highest BCUT2D eigenvalue weighted by atomic mass is 32.2. The standard InChI is InChI=1S/C22H21F3N2O4S/c1-3-32(29,30)20-13-27(19-8-7-15(9-18(19)20)22(23,24)25)17-6-4-5-16(10-17)26-11-14(12-26)21(28)31-2/h4-10,13-14H,3,11-12H2,1-2H3. The first-order chi connectivity index (χ1) is 15.0. The molecular formula is C22H21F3N2O4S. The molecule has 3 aromatic rings. The molecule has 170 valence electrons. The van der Waals surface area contributed by atoms with Gasteiger partial charge < -0.3 is 14.2 Å². The molecule has 32 heavy (non-hydrogen) atoms. The zero-order chi connectivity index (χ0) is 23.3. The average molecular weight is 466 g/mol. The Bertz CT molecular complexity index is 1290. The third-order valence-corrected chi connectivity index (χ3v) is 7.45. The number of benzene rings is 2. The first kappa shape index (κ1) is 22.2. The van der Waals surface area contributed by atoms with Gasteiger partial charge in [-0.15, -0.1) is 0 Å². The molecule has 0 atom stereocenters. The lowest BCUT2D eigenvalue weighted by molar-refractivity contribution is -0.146. The summed E-state index contributed by atoms with van der Waals surface area (Å²) in [6.07, 6.45) is -3.22. The summed E-state index contributed by atoms with van der Waals surface area (Å²) in [7, 11) is -2.42. The summed E-state index contributed by atoms with van der Waals surface area (Å²) in [6.45, 7) is 2.44. The Labute approximate surface area is 183 Å². The molecular weight excluding hydrogens is 445 g/mol. The largest absolute Gasteiger partial charge is 0.469 e. The number of hydrogen-bond donors (Lipinski definition) is 0. The van der Waals surface area contributed by atoms with Gasteiger partial charge in [0.05, 0.1) is 34.8 Å². The number of nitrogens with zero attached hydrogens (tertiary/aromatic N) is 2. The molecule has 2 heterocycles. The van der Waals surface area contributed by atoms with Gasteiger partial charge in [0.25, 0.3) is 0 Å². The van der Waals surface area contributed by atoms with Crippen LogP contribution in [0.4, 0.5) is 18.9 Å². The van der Waals surface area contributed by atoms with Crippen molar-refractivity contribution in [3.05, 3.63) is 54.2 Å². The number of esters is 1. The maximum absolute atomic E-state index is 13.3. The van der Waals surface area contributed by atoms with Gasteiger partial charge >= 0.3 is 12.1 Å². The van der Waals surface area contributed by atoms with Crippen LogP contribution in [0, 0.1) is 5.92 Å². The summed E-state index contributed by atoms with van der Waals surface area (Å²) in [6, 6.07) is 10.3. The van der Waals surface area contributed by atoms with Crippen molar-refractivity contribution in [3.8, 4) is 5.69 Å². The number of hydrogen-bond acceptors (Lipinski definition) is 5. The molecule has 1 aliphatic rings. The molecule has 2 aromatic carbocycles. The van der Waals surface area contributed by atoms with E-state index >= 15 is 0 Å². The number of anilines is 1. The Morgan fingerprint density at radius 2 is 1.81 bits per heavy atom. The van der Waals surface area contributed by atoms with Crippen LogP contribution in [0.5, 0.6) is 0 Å². The van der Waals surface area contributed by atoms with E-state index < -0.39 is 21.6 Å². The monoisotopic (exact) mass is 466 g/mol. The van der Waals surface area contributed by atoms with Crippen LogP contribution >= 0.6 is 0 Å². The quantitative estimate of drug-likeness (QED) is 0.531. The molecule has 0 saturated carbocycles. The van der Waals surface area contributed by atoms with Gasteiger partial charge in [0.1, 0.15) is 0 Å². The maximum atomic E-state index is 13.3. The van der Waals surface area contributed by atoms with Gasteiger partial charge in [0, 0.05) is 36.0 Å². The first-order valence-corrected chi connectivity index (χ1v) is 11.6. The molecule has 0 amide bonds. The highest BCUT2D eigenvalue weighted by Crippen LogP contribution is 2.36. The van der Waals surface area contributed by atoms with E-state index in [0.29, 0.717) is 24.3 Å². The van der Waals surface area contributed by atoms with Crippen LogP contribution in [0.3, 0.4) is 0 Å². The number of halogens is 3. The predicted octanol–water partition coefficient (Wildman–Crippen LogP) is 4.05. The van der Waals surface area contributed by atoms with Gasteiger partial charge in [-0.05, 0) is 36.4 Å². The van der Waals surface area contributed by atoms with E-state index in [2.05, 4.69) is 0 Å². The molecule has 0 N–H and O–H groups in total. The lowest BCUT2D eigenvalue weighted by atomic mass is 9.99. The van der Waals surface area contributed by atoms with Crippen molar-refractivity contribution in [2.24, 2.45) is 5.92 Å². The molecule has 0 aliphatic carbocycles. The minimum Gasteiger partial charge on any atom is -0.469 e. The second kappa shape index (κ2) is 7.84. The third kappa shape index (κ3) is 3.83. The number of fused-ring (bicyclic) bond motifs is 1. The zero-order valence-electron chi connectivity index (χ0n) is 17.4. The number of carbonyl (C=O) groups excluding carboxylic acids is 1. The number of rotatable bonds is 5. The highest BCUT2D eigenvalue weighted by molar-refractivity contribution is 7.91. The average Bonchev–Trinajstić information content (AvgIpc) is 3.12. The van der Waals surface area contributed by atoms with Crippen molar-refractivity contribution in [2.75, 3.05) is 30.9 Å². The molecule has 1 saturated heterocycles. The summed E-state index contributed by atoms with van der Waals surface area (Å²) < 4.78 is 71.4. The number of aromatic nitrogens is 1. The topological polar surface area (TPSA) is 68.6 Å². The first-order valence-electron chi connectivity index (χ1n) is 9.93. The maximum Gasteiger partial charge on any atom is 0.416 e. The van der Waals surface area contributed by atoms with Crippen LogP contribution in [0.2, 0.25) is 0 Å². The molecule has 4 rings (SSSR count). The summed E-state index contributed by atoms with van der Waals surface area (Å²) in [5.41, 5.74) is 0.874. The smallest absolute Gasteiger partial charge is 0.416 e. The molecule has 6 nitrogen and oxygen atoms in total. The molecule has 0 radical (unpaired) electrons. The van der Waals surface area contributed by atoms with Crippen molar-refractivity contribution >= 4 is 32.4 Å². The van der Waals surface area contributed by atoms with E-state index in [-0.39, 0.29) is 27.9 Å². The van der Waals surface area contributed by atoms with Crippen molar-refractivity contribution < 1.29 is 31.1 Å². The normalized spacial score (nSPS) is 15.1. The van der Waals surface area contributed by atoms with E-state index in [1.165, 1.54) is 26.3 Å². The van der Waals surface area contributed by atoms with Crippen LogP contribution in [-0.4, -0.2) is 44.9 Å². The summed E-state index contributed by atoms with van der Waals surface area (Å²) in [4.78, 5) is 13.5. The second-order valence-electron chi connectivity index (χ2n) is 7.64. The molecule has 0 bridgehead atoms. The Morgan fingerprint density at radius 3 is 2.44 bits per heavy atom. The lowest BCUT2D eigenvalue weighted by Gasteiger charge is -2.39. The Hall–Kier alpha value is -3.01. The van der Waals surface area contributed by atoms with Gasteiger partial charge in [-0.3, -0.25) is 4.79 Å². The fourth-order valence-corrected chi connectivity index (χ4v) is 4.91. The van der Waals surface area contributed by atoms with E-state index in [1.807, 2.05) is 17.0 Å². The Balaban J connectivity index is 1.79. The molecule has 0 unspecified atom stereocenters. The van der Waals surface area contributed by atoms with Gasteiger partial charge in [-0.1, -0.05) is 13.0 Å². The van der Waals surface area contributed by atoms with E-state index in [0.717, 1.165) is 17.8 Å². The molecule has 10 heteroatoms. The number of alkyl halides is 3. The van der Waals surface area contributed by atoms with Crippen LogP contribution in [0.25, 0.3) is 16.6 Å². The summed E-state index contributed by atoms with van der Waals surface area (Å²) in [5, 5.41) is 0.0294. The number of carbonyl (C=O) groups is 1. The summed E-state index contributed by atoms with van der Waals surface area (Å²) in [5.74, 6) is -0.715. The molecule has 1 fully saturated rings. The van der Waals surface area contributed by atoms with Gasteiger partial charge in [0.15, 0.2) is 9.84 Å². The number of ether oxygens (including phenoxy) is 1. The fourth-order valence-electron chi connectivity index (χ4n) is 3.84. The van der Waals surface area contributed by atoms with Crippen LogP contribution in [0.1, 0.15) is 12.5 Å². The Kier molecular flexibility index (Phi) is 5.44. The number of methoxy groups -OCH3 is 1. The SMILES string of the molecule is CCS(=O)(=O)c1cn(-c2cccc(N3CC(C(=O)OC)C3)c2)c2ccc(C(F)(F)F)cc12. The van der Waals surface area contributed by atoms with Crippen LogP contribution < -0.4 is 4.90 Å². The minimum absolute atomic E-state index is 0.0294. The number of sulfone groups is 1.